The number of hydrogen-bond acceptors (Lipinski definition) is 5. The van der Waals surface area contributed by atoms with Gasteiger partial charge in [-0.3, -0.25) is 4.90 Å². The van der Waals surface area contributed by atoms with Gasteiger partial charge in [-0.1, -0.05) is 13.8 Å². The summed E-state index contributed by atoms with van der Waals surface area (Å²) in [6.45, 7) is 12.3. The Morgan fingerprint density at radius 1 is 1.24 bits per heavy atom. The predicted octanol–water partition coefficient (Wildman–Crippen LogP) is 2.01. The first-order valence-electron chi connectivity index (χ1n) is 6.43. The monoisotopic (exact) mass is 254 g/mol. The molecule has 4 nitrogen and oxygen atoms in total. The second kappa shape index (κ2) is 5.78. The Bertz CT molecular complexity index is 342. The van der Waals surface area contributed by atoms with Crippen LogP contribution in [0.1, 0.15) is 26.1 Å². The van der Waals surface area contributed by atoms with Gasteiger partial charge < -0.3 is 4.90 Å². The molecule has 0 spiro atoms. The van der Waals surface area contributed by atoms with E-state index in [0.717, 1.165) is 43.1 Å². The van der Waals surface area contributed by atoms with Gasteiger partial charge in [-0.2, -0.15) is 4.37 Å². The number of rotatable bonds is 4. The van der Waals surface area contributed by atoms with Crippen LogP contribution in [-0.2, 0) is 0 Å². The van der Waals surface area contributed by atoms with Gasteiger partial charge in [-0.15, -0.1) is 0 Å². The van der Waals surface area contributed by atoms with E-state index in [1.165, 1.54) is 24.5 Å². The highest BCUT2D eigenvalue weighted by atomic mass is 32.1. The van der Waals surface area contributed by atoms with Crippen LogP contribution in [0.4, 0.5) is 5.13 Å². The zero-order valence-electron chi connectivity index (χ0n) is 11.0. The van der Waals surface area contributed by atoms with Gasteiger partial charge in [-0.05, 0) is 25.8 Å². The Morgan fingerprint density at radius 3 is 2.47 bits per heavy atom. The van der Waals surface area contributed by atoms with Crippen molar-refractivity contribution in [2.45, 2.75) is 27.2 Å². The maximum absolute atomic E-state index is 4.45. The average Bonchev–Trinajstić information content (AvgIpc) is 2.74. The van der Waals surface area contributed by atoms with Crippen LogP contribution in [0.5, 0.6) is 0 Å². The molecule has 1 aliphatic heterocycles. The van der Waals surface area contributed by atoms with Crippen LogP contribution in [-0.4, -0.2) is 47.0 Å². The van der Waals surface area contributed by atoms with Crippen molar-refractivity contribution in [3.63, 3.8) is 0 Å². The van der Waals surface area contributed by atoms with Crippen LogP contribution in [0.15, 0.2) is 0 Å². The lowest BCUT2D eigenvalue weighted by Crippen LogP contribution is -2.46. The standard InChI is InChI=1S/C12H22N4S/c1-10(2)4-5-15-6-8-16(9-7-15)12-13-11(3)14-17-12/h10H,4-9H2,1-3H3. The Hall–Kier alpha value is -0.680. The minimum absolute atomic E-state index is 0.804. The smallest absolute Gasteiger partial charge is 0.205 e. The molecule has 0 unspecified atom stereocenters. The van der Waals surface area contributed by atoms with Crippen molar-refractivity contribution >= 4 is 16.7 Å². The van der Waals surface area contributed by atoms with Gasteiger partial charge in [0.2, 0.25) is 5.13 Å². The highest BCUT2D eigenvalue weighted by Crippen LogP contribution is 2.18. The molecule has 1 aliphatic rings. The van der Waals surface area contributed by atoms with Crippen molar-refractivity contribution in [1.82, 2.24) is 14.3 Å². The molecule has 0 aromatic carbocycles. The summed E-state index contributed by atoms with van der Waals surface area (Å²) in [5.74, 6) is 1.70. The summed E-state index contributed by atoms with van der Waals surface area (Å²) in [6, 6.07) is 0. The average molecular weight is 254 g/mol. The van der Waals surface area contributed by atoms with Crippen LogP contribution in [0, 0.1) is 12.8 Å². The topological polar surface area (TPSA) is 32.3 Å². The molecule has 17 heavy (non-hydrogen) atoms. The van der Waals surface area contributed by atoms with E-state index < -0.39 is 0 Å². The zero-order chi connectivity index (χ0) is 12.3. The molecule has 1 aromatic heterocycles. The lowest BCUT2D eigenvalue weighted by molar-refractivity contribution is 0.243. The van der Waals surface area contributed by atoms with Crippen molar-refractivity contribution in [2.75, 3.05) is 37.6 Å². The third-order valence-corrected chi connectivity index (χ3v) is 4.05. The van der Waals surface area contributed by atoms with E-state index in [0.29, 0.717) is 0 Å². The summed E-state index contributed by atoms with van der Waals surface area (Å²) >= 11 is 1.52. The van der Waals surface area contributed by atoms with Gasteiger partial charge in [-0.25, -0.2) is 4.98 Å². The molecule has 1 aromatic rings. The van der Waals surface area contributed by atoms with Crippen molar-refractivity contribution in [2.24, 2.45) is 5.92 Å². The summed E-state index contributed by atoms with van der Waals surface area (Å²) in [5, 5.41) is 1.09. The van der Waals surface area contributed by atoms with E-state index >= 15 is 0 Å². The van der Waals surface area contributed by atoms with Gasteiger partial charge in [0.05, 0.1) is 0 Å². The normalized spacial score (nSPS) is 18.0. The second-order valence-corrected chi connectivity index (χ2v) is 5.87. The second-order valence-electron chi connectivity index (χ2n) is 5.14. The Kier molecular flexibility index (Phi) is 4.34. The number of aromatic nitrogens is 2. The van der Waals surface area contributed by atoms with Gasteiger partial charge in [0.1, 0.15) is 5.82 Å². The van der Waals surface area contributed by atoms with E-state index in [2.05, 4.69) is 33.0 Å². The lowest BCUT2D eigenvalue weighted by Gasteiger charge is -2.34. The molecule has 2 heterocycles. The SMILES string of the molecule is Cc1nsc(N2CCN(CCC(C)C)CC2)n1. The molecule has 96 valence electrons. The van der Waals surface area contributed by atoms with Gasteiger partial charge in [0.25, 0.3) is 0 Å². The summed E-state index contributed by atoms with van der Waals surface area (Å²) in [7, 11) is 0. The molecule has 0 radical (unpaired) electrons. The molecule has 1 saturated heterocycles. The maximum atomic E-state index is 4.45. The minimum atomic E-state index is 0.804. The molecule has 0 atom stereocenters. The third-order valence-electron chi connectivity index (χ3n) is 3.18. The lowest BCUT2D eigenvalue weighted by atomic mass is 10.1. The van der Waals surface area contributed by atoms with Gasteiger partial charge in [0, 0.05) is 37.7 Å². The van der Waals surface area contributed by atoms with Crippen molar-refractivity contribution in [3.05, 3.63) is 5.82 Å². The summed E-state index contributed by atoms with van der Waals surface area (Å²) in [5.41, 5.74) is 0. The number of aryl methyl sites for hydroxylation is 1. The highest BCUT2D eigenvalue weighted by molar-refractivity contribution is 7.09. The molecule has 0 amide bonds. The molecule has 0 aliphatic carbocycles. The third kappa shape index (κ3) is 3.64. The first-order chi connectivity index (χ1) is 8.15. The summed E-state index contributed by atoms with van der Waals surface area (Å²) in [4.78, 5) is 9.37. The van der Waals surface area contributed by atoms with E-state index in [1.54, 1.807) is 0 Å². The van der Waals surface area contributed by atoms with Crippen LogP contribution in [0.25, 0.3) is 0 Å². The van der Waals surface area contributed by atoms with E-state index in [1.807, 2.05) is 6.92 Å². The first kappa shape index (κ1) is 12.8. The van der Waals surface area contributed by atoms with Crippen molar-refractivity contribution in [1.29, 1.82) is 0 Å². The van der Waals surface area contributed by atoms with Gasteiger partial charge in [0.15, 0.2) is 0 Å². The molecule has 5 heteroatoms. The fourth-order valence-electron chi connectivity index (χ4n) is 2.02. The van der Waals surface area contributed by atoms with Crippen LogP contribution in [0.3, 0.4) is 0 Å². The van der Waals surface area contributed by atoms with Crippen molar-refractivity contribution < 1.29 is 0 Å². The van der Waals surface area contributed by atoms with Crippen LogP contribution < -0.4 is 4.90 Å². The van der Waals surface area contributed by atoms with Crippen molar-refractivity contribution in [3.8, 4) is 0 Å². The Labute approximate surface area is 108 Å². The van der Waals surface area contributed by atoms with E-state index in [-0.39, 0.29) is 0 Å². The molecule has 0 bridgehead atoms. The molecule has 1 fully saturated rings. The number of piperazine rings is 1. The van der Waals surface area contributed by atoms with E-state index in [4.69, 9.17) is 0 Å². The van der Waals surface area contributed by atoms with Gasteiger partial charge >= 0.3 is 0 Å². The minimum Gasteiger partial charge on any atom is -0.344 e. The fourth-order valence-corrected chi connectivity index (χ4v) is 2.74. The van der Waals surface area contributed by atoms with E-state index in [9.17, 15) is 0 Å². The number of hydrogen-bond donors (Lipinski definition) is 0. The molecule has 2 rings (SSSR count). The zero-order valence-corrected chi connectivity index (χ0v) is 11.8. The molecule has 0 N–H and O–H groups in total. The summed E-state index contributed by atoms with van der Waals surface area (Å²) in [6.07, 6.45) is 1.30. The number of nitrogens with zero attached hydrogens (tertiary/aromatic N) is 4. The largest absolute Gasteiger partial charge is 0.344 e. The predicted molar refractivity (Wildman–Crippen MR) is 72.8 cm³/mol. The maximum Gasteiger partial charge on any atom is 0.205 e. The molecular formula is C12H22N4S. The fraction of sp³-hybridized carbons (Fsp3) is 0.833. The Balaban J connectivity index is 1.78. The first-order valence-corrected chi connectivity index (χ1v) is 7.20. The summed E-state index contributed by atoms with van der Waals surface area (Å²) < 4.78 is 4.25. The quantitative estimate of drug-likeness (QED) is 0.823. The van der Waals surface area contributed by atoms with Crippen LogP contribution >= 0.6 is 11.5 Å². The Morgan fingerprint density at radius 2 is 1.94 bits per heavy atom. The molecular weight excluding hydrogens is 232 g/mol. The number of anilines is 1. The van der Waals surface area contributed by atoms with Crippen LogP contribution in [0.2, 0.25) is 0 Å². The molecule has 0 saturated carbocycles. The highest BCUT2D eigenvalue weighted by Gasteiger charge is 2.19.